The van der Waals surface area contributed by atoms with Gasteiger partial charge in [0.15, 0.2) is 10.8 Å². The van der Waals surface area contributed by atoms with Gasteiger partial charge in [-0.2, -0.15) is 5.10 Å². The predicted molar refractivity (Wildman–Crippen MR) is 127 cm³/mol. The van der Waals surface area contributed by atoms with Crippen molar-refractivity contribution in [2.45, 2.75) is 50.7 Å². The first-order chi connectivity index (χ1) is 14.2. The minimum Gasteiger partial charge on any atom is -0.367 e. The number of halogens is 2. The molecule has 0 atom stereocenters. The maximum Gasteiger partial charge on any atom is 0.252 e. The Balaban J connectivity index is 1.78. The normalized spacial score (nSPS) is 11.5. The molecule has 10 heteroatoms. The van der Waals surface area contributed by atoms with Crippen LogP contribution in [0.3, 0.4) is 0 Å². The number of rotatable bonds is 8. The van der Waals surface area contributed by atoms with Gasteiger partial charge in [0.25, 0.3) is 5.91 Å². The lowest BCUT2D eigenvalue weighted by Crippen LogP contribution is -2.27. The van der Waals surface area contributed by atoms with Crippen molar-refractivity contribution in [1.82, 2.24) is 25.1 Å². The highest BCUT2D eigenvalue weighted by atomic mass is 79.9. The van der Waals surface area contributed by atoms with Crippen LogP contribution < -0.4 is 10.6 Å². The van der Waals surface area contributed by atoms with E-state index in [9.17, 15) is 4.79 Å². The Kier molecular flexibility index (Phi) is 7.60. The summed E-state index contributed by atoms with van der Waals surface area (Å²) < 4.78 is 2.59. The van der Waals surface area contributed by atoms with Crippen LogP contribution in [0.15, 0.2) is 34.0 Å². The third kappa shape index (κ3) is 5.65. The summed E-state index contributed by atoms with van der Waals surface area (Å²) >= 11 is 11.1. The number of aromatic nitrogens is 4. The van der Waals surface area contributed by atoms with E-state index in [1.54, 1.807) is 40.8 Å². The van der Waals surface area contributed by atoms with E-state index in [-0.39, 0.29) is 11.9 Å². The SMILES string of the molecule is CC(C)Nc1nc(SC(C)C)nc2c1cnn2CCNC(=O)c1cc(Br)ccc1Cl. The summed E-state index contributed by atoms with van der Waals surface area (Å²) in [5.74, 6) is 0.542. The molecule has 1 amide bonds. The molecule has 7 nitrogen and oxygen atoms in total. The van der Waals surface area contributed by atoms with Crippen LogP contribution in [0.4, 0.5) is 5.82 Å². The highest BCUT2D eigenvalue weighted by molar-refractivity contribution is 9.10. The average molecular weight is 512 g/mol. The van der Waals surface area contributed by atoms with Gasteiger partial charge in [0.1, 0.15) is 5.82 Å². The summed E-state index contributed by atoms with van der Waals surface area (Å²) in [6.07, 6.45) is 1.76. The number of thioether (sulfide) groups is 1. The first-order valence-electron chi connectivity index (χ1n) is 9.64. The molecule has 2 aromatic heterocycles. The summed E-state index contributed by atoms with van der Waals surface area (Å²) in [5, 5.41) is 13.1. The van der Waals surface area contributed by atoms with E-state index in [0.717, 1.165) is 21.3 Å². The Labute approximate surface area is 193 Å². The maximum atomic E-state index is 12.5. The number of hydrogen-bond acceptors (Lipinski definition) is 6. The van der Waals surface area contributed by atoms with E-state index >= 15 is 0 Å². The molecule has 0 unspecified atom stereocenters. The van der Waals surface area contributed by atoms with Crippen molar-refractivity contribution in [3.8, 4) is 0 Å². The largest absolute Gasteiger partial charge is 0.367 e. The molecule has 30 heavy (non-hydrogen) atoms. The zero-order valence-electron chi connectivity index (χ0n) is 17.2. The standard InChI is InChI=1S/C20H24BrClN6OS/c1-11(2)25-17-15-10-24-28(18(15)27-20(26-17)30-12(3)4)8-7-23-19(29)14-9-13(21)5-6-16(14)22/h5-6,9-12H,7-8H2,1-4H3,(H,23,29)(H,25,26,27). The lowest BCUT2D eigenvalue weighted by Gasteiger charge is -2.13. The predicted octanol–water partition coefficient (Wildman–Crippen LogP) is 4.99. The summed E-state index contributed by atoms with van der Waals surface area (Å²) in [6, 6.07) is 5.42. The van der Waals surface area contributed by atoms with Gasteiger partial charge in [-0.05, 0) is 32.0 Å². The van der Waals surface area contributed by atoms with E-state index in [2.05, 4.69) is 64.3 Å². The molecule has 1 aromatic carbocycles. The number of anilines is 1. The second-order valence-electron chi connectivity index (χ2n) is 7.31. The van der Waals surface area contributed by atoms with Gasteiger partial charge in [0, 0.05) is 22.3 Å². The van der Waals surface area contributed by atoms with Crippen molar-refractivity contribution in [3.63, 3.8) is 0 Å². The number of hydrogen-bond donors (Lipinski definition) is 2. The van der Waals surface area contributed by atoms with Gasteiger partial charge < -0.3 is 10.6 Å². The van der Waals surface area contributed by atoms with Gasteiger partial charge >= 0.3 is 0 Å². The van der Waals surface area contributed by atoms with Crippen molar-refractivity contribution < 1.29 is 4.79 Å². The lowest BCUT2D eigenvalue weighted by atomic mass is 10.2. The maximum absolute atomic E-state index is 12.5. The monoisotopic (exact) mass is 510 g/mol. The molecule has 2 N–H and O–H groups in total. The zero-order chi connectivity index (χ0) is 21.8. The van der Waals surface area contributed by atoms with Crippen LogP contribution in [0.5, 0.6) is 0 Å². The molecule has 0 fully saturated rings. The minimum absolute atomic E-state index is 0.231. The average Bonchev–Trinajstić information content (AvgIpc) is 3.06. The molecule has 3 rings (SSSR count). The van der Waals surface area contributed by atoms with E-state index in [1.165, 1.54) is 0 Å². The van der Waals surface area contributed by atoms with Crippen molar-refractivity contribution >= 4 is 62.1 Å². The molecule has 0 spiro atoms. The first-order valence-corrected chi connectivity index (χ1v) is 11.7. The number of nitrogens with zero attached hydrogens (tertiary/aromatic N) is 4. The fraction of sp³-hybridized carbons (Fsp3) is 0.400. The van der Waals surface area contributed by atoms with Crippen LogP contribution in [0.1, 0.15) is 38.1 Å². The van der Waals surface area contributed by atoms with Crippen molar-refractivity contribution in [3.05, 3.63) is 39.5 Å². The van der Waals surface area contributed by atoms with E-state index in [1.807, 2.05) is 0 Å². The third-order valence-electron chi connectivity index (χ3n) is 4.02. The van der Waals surface area contributed by atoms with Gasteiger partial charge in [-0.1, -0.05) is 53.1 Å². The van der Waals surface area contributed by atoms with Crippen LogP contribution in [-0.2, 0) is 6.54 Å². The Morgan fingerprint density at radius 2 is 2.03 bits per heavy atom. The van der Waals surface area contributed by atoms with Gasteiger partial charge in [-0.15, -0.1) is 0 Å². The number of carbonyl (C=O) groups is 1. The minimum atomic E-state index is -0.231. The van der Waals surface area contributed by atoms with Gasteiger partial charge in [0.05, 0.1) is 28.7 Å². The van der Waals surface area contributed by atoms with Crippen LogP contribution in [0, 0.1) is 0 Å². The Morgan fingerprint density at radius 3 is 2.73 bits per heavy atom. The zero-order valence-corrected chi connectivity index (χ0v) is 20.4. The summed E-state index contributed by atoms with van der Waals surface area (Å²) in [6.45, 7) is 9.21. The molecule has 0 bridgehead atoms. The second-order valence-corrected chi connectivity index (χ2v) is 10.2. The van der Waals surface area contributed by atoms with E-state index in [4.69, 9.17) is 16.6 Å². The summed E-state index contributed by atoms with van der Waals surface area (Å²) in [7, 11) is 0. The number of benzene rings is 1. The third-order valence-corrected chi connectivity index (χ3v) is 5.71. The Bertz CT molecular complexity index is 1060. The Hall–Kier alpha value is -1.84. The molecule has 3 aromatic rings. The van der Waals surface area contributed by atoms with Gasteiger partial charge in [0.2, 0.25) is 0 Å². The Morgan fingerprint density at radius 1 is 1.27 bits per heavy atom. The summed E-state index contributed by atoms with van der Waals surface area (Å²) in [4.78, 5) is 21.8. The molecular weight excluding hydrogens is 488 g/mol. The number of amides is 1. The lowest BCUT2D eigenvalue weighted by molar-refractivity contribution is 0.0952. The second kappa shape index (κ2) is 9.98. The topological polar surface area (TPSA) is 84.7 Å². The van der Waals surface area contributed by atoms with Crippen LogP contribution >= 0.6 is 39.3 Å². The molecule has 0 aliphatic carbocycles. The molecule has 0 aliphatic rings. The van der Waals surface area contributed by atoms with Crippen molar-refractivity contribution in [2.24, 2.45) is 0 Å². The molecular formula is C20H24BrClN6OS. The van der Waals surface area contributed by atoms with Crippen LogP contribution in [-0.4, -0.2) is 43.5 Å². The van der Waals surface area contributed by atoms with Gasteiger partial charge in [-0.25, -0.2) is 14.6 Å². The highest BCUT2D eigenvalue weighted by Gasteiger charge is 2.16. The van der Waals surface area contributed by atoms with Crippen molar-refractivity contribution in [1.29, 1.82) is 0 Å². The number of nitrogens with one attached hydrogen (secondary N) is 2. The van der Waals surface area contributed by atoms with E-state index in [0.29, 0.717) is 34.1 Å². The molecule has 2 heterocycles. The fourth-order valence-corrected chi connectivity index (χ4v) is 4.06. The molecule has 0 radical (unpaired) electrons. The molecule has 0 saturated carbocycles. The molecule has 0 aliphatic heterocycles. The molecule has 160 valence electrons. The van der Waals surface area contributed by atoms with E-state index < -0.39 is 0 Å². The highest BCUT2D eigenvalue weighted by Crippen LogP contribution is 2.27. The number of carbonyl (C=O) groups excluding carboxylic acids is 1. The van der Waals surface area contributed by atoms with Gasteiger partial charge in [-0.3, -0.25) is 4.79 Å². The van der Waals surface area contributed by atoms with Crippen LogP contribution in [0.25, 0.3) is 11.0 Å². The quantitative estimate of drug-likeness (QED) is 0.327. The fourth-order valence-electron chi connectivity index (χ4n) is 2.79. The van der Waals surface area contributed by atoms with Crippen LogP contribution in [0.2, 0.25) is 5.02 Å². The smallest absolute Gasteiger partial charge is 0.252 e. The van der Waals surface area contributed by atoms with Crippen molar-refractivity contribution in [2.75, 3.05) is 11.9 Å². The number of fused-ring (bicyclic) bond motifs is 1. The molecule has 0 saturated heterocycles. The first kappa shape index (κ1) is 22.8. The summed E-state index contributed by atoms with van der Waals surface area (Å²) in [5.41, 5.74) is 1.17.